The van der Waals surface area contributed by atoms with Crippen LogP contribution in [0.3, 0.4) is 0 Å². The van der Waals surface area contributed by atoms with Crippen LogP contribution in [0.5, 0.6) is 0 Å². The molecule has 0 aliphatic heterocycles. The number of hydrogen-bond donors (Lipinski definition) is 1. The molecule has 0 heterocycles. The number of ether oxygens (including phenoxy) is 1. The van der Waals surface area contributed by atoms with Crippen molar-refractivity contribution in [3.05, 3.63) is 35.9 Å². The predicted octanol–water partition coefficient (Wildman–Crippen LogP) is 2.95. The highest BCUT2D eigenvalue weighted by molar-refractivity contribution is 7.98. The van der Waals surface area contributed by atoms with Gasteiger partial charge in [-0.25, -0.2) is 0 Å². The molecule has 2 atom stereocenters. The fourth-order valence-electron chi connectivity index (χ4n) is 1.84. The molecule has 0 fully saturated rings. The third kappa shape index (κ3) is 6.96. The standard InChI is InChI=1S/C16H25NO2S/c1-13(12-20-3)9-17-10-14(2)16(18)19-11-15-7-5-4-6-8-15/h4-8,13-14,17H,9-12H2,1-3H3. The lowest BCUT2D eigenvalue weighted by atomic mass is 10.1. The molecule has 0 radical (unpaired) electrons. The van der Waals surface area contributed by atoms with E-state index in [0.717, 1.165) is 17.9 Å². The maximum Gasteiger partial charge on any atom is 0.310 e. The molecule has 0 aromatic heterocycles. The minimum atomic E-state index is -0.140. The second-order valence-electron chi connectivity index (χ2n) is 5.21. The molecular weight excluding hydrogens is 270 g/mol. The number of nitrogens with one attached hydrogen (secondary N) is 1. The van der Waals surface area contributed by atoms with Crippen molar-refractivity contribution in [1.82, 2.24) is 5.32 Å². The van der Waals surface area contributed by atoms with Crippen LogP contribution < -0.4 is 5.32 Å². The fourth-order valence-corrected chi connectivity index (χ4v) is 2.53. The Bertz CT molecular complexity index is 383. The van der Waals surface area contributed by atoms with Gasteiger partial charge in [-0.2, -0.15) is 11.8 Å². The summed E-state index contributed by atoms with van der Waals surface area (Å²) in [5, 5.41) is 3.33. The summed E-state index contributed by atoms with van der Waals surface area (Å²) < 4.78 is 5.31. The average molecular weight is 295 g/mol. The SMILES string of the molecule is CSCC(C)CNCC(C)C(=O)OCc1ccccc1. The highest BCUT2D eigenvalue weighted by Gasteiger charge is 2.14. The normalized spacial score (nSPS) is 13.8. The predicted molar refractivity (Wildman–Crippen MR) is 85.8 cm³/mol. The van der Waals surface area contributed by atoms with Crippen molar-refractivity contribution in [3.63, 3.8) is 0 Å². The quantitative estimate of drug-likeness (QED) is 0.711. The molecule has 2 unspecified atom stereocenters. The molecule has 1 N–H and O–H groups in total. The van der Waals surface area contributed by atoms with Gasteiger partial charge in [-0.1, -0.05) is 44.2 Å². The highest BCUT2D eigenvalue weighted by Crippen LogP contribution is 2.05. The summed E-state index contributed by atoms with van der Waals surface area (Å²) in [5.74, 6) is 1.51. The van der Waals surface area contributed by atoms with E-state index in [4.69, 9.17) is 4.74 Å². The van der Waals surface area contributed by atoms with Gasteiger partial charge in [-0.05, 0) is 30.0 Å². The molecule has 0 spiro atoms. The lowest BCUT2D eigenvalue weighted by Gasteiger charge is -2.15. The average Bonchev–Trinajstić information content (AvgIpc) is 2.46. The molecule has 0 aliphatic rings. The van der Waals surface area contributed by atoms with Crippen LogP contribution in [0.1, 0.15) is 19.4 Å². The van der Waals surface area contributed by atoms with Gasteiger partial charge in [-0.15, -0.1) is 0 Å². The number of benzene rings is 1. The minimum absolute atomic E-state index is 0.111. The zero-order chi connectivity index (χ0) is 14.8. The second kappa shape index (κ2) is 9.83. The molecule has 112 valence electrons. The van der Waals surface area contributed by atoms with E-state index in [1.54, 1.807) is 0 Å². The molecule has 1 aromatic carbocycles. The summed E-state index contributed by atoms with van der Waals surface area (Å²) in [7, 11) is 0. The van der Waals surface area contributed by atoms with Crippen molar-refractivity contribution < 1.29 is 9.53 Å². The largest absolute Gasteiger partial charge is 0.461 e. The summed E-state index contributed by atoms with van der Waals surface area (Å²) in [6.07, 6.45) is 2.11. The van der Waals surface area contributed by atoms with Gasteiger partial charge in [0.1, 0.15) is 6.61 Å². The zero-order valence-electron chi connectivity index (χ0n) is 12.6. The summed E-state index contributed by atoms with van der Waals surface area (Å²) in [4.78, 5) is 11.9. The highest BCUT2D eigenvalue weighted by atomic mass is 32.2. The Morgan fingerprint density at radius 2 is 1.95 bits per heavy atom. The van der Waals surface area contributed by atoms with E-state index < -0.39 is 0 Å². The Kier molecular flexibility index (Phi) is 8.38. The van der Waals surface area contributed by atoms with E-state index in [9.17, 15) is 4.79 Å². The van der Waals surface area contributed by atoms with Gasteiger partial charge in [0.05, 0.1) is 5.92 Å². The van der Waals surface area contributed by atoms with Gasteiger partial charge in [0, 0.05) is 6.54 Å². The molecule has 3 nitrogen and oxygen atoms in total. The molecule has 0 aliphatic carbocycles. The van der Waals surface area contributed by atoms with E-state index in [1.807, 2.05) is 49.0 Å². The van der Waals surface area contributed by atoms with Crippen LogP contribution in [-0.4, -0.2) is 31.1 Å². The van der Waals surface area contributed by atoms with E-state index >= 15 is 0 Å². The van der Waals surface area contributed by atoms with Crippen molar-refractivity contribution in [2.45, 2.75) is 20.5 Å². The van der Waals surface area contributed by atoms with Crippen LogP contribution in [0.25, 0.3) is 0 Å². The Hall–Kier alpha value is -1.00. The monoisotopic (exact) mass is 295 g/mol. The lowest BCUT2D eigenvalue weighted by Crippen LogP contribution is -2.31. The number of rotatable bonds is 9. The molecular formula is C16H25NO2S. The smallest absolute Gasteiger partial charge is 0.310 e. The molecule has 1 rings (SSSR count). The summed E-state index contributed by atoms with van der Waals surface area (Å²) in [6.45, 7) is 6.08. The summed E-state index contributed by atoms with van der Waals surface area (Å²) >= 11 is 1.85. The van der Waals surface area contributed by atoms with Crippen LogP contribution in [-0.2, 0) is 16.1 Å². The van der Waals surface area contributed by atoms with Crippen molar-refractivity contribution in [2.24, 2.45) is 11.8 Å². The fraction of sp³-hybridized carbons (Fsp3) is 0.562. The number of hydrogen-bond acceptors (Lipinski definition) is 4. The van der Waals surface area contributed by atoms with E-state index in [0.29, 0.717) is 19.1 Å². The Labute approximate surface area is 126 Å². The first-order chi connectivity index (χ1) is 9.63. The topological polar surface area (TPSA) is 38.3 Å². The molecule has 0 bridgehead atoms. The number of carbonyl (C=O) groups excluding carboxylic acids is 1. The van der Waals surface area contributed by atoms with Crippen molar-refractivity contribution in [3.8, 4) is 0 Å². The van der Waals surface area contributed by atoms with Crippen molar-refractivity contribution in [2.75, 3.05) is 25.1 Å². The zero-order valence-corrected chi connectivity index (χ0v) is 13.4. The van der Waals surface area contributed by atoms with E-state index in [2.05, 4.69) is 18.5 Å². The molecule has 0 saturated heterocycles. The van der Waals surface area contributed by atoms with Crippen LogP contribution in [0.15, 0.2) is 30.3 Å². The van der Waals surface area contributed by atoms with Crippen molar-refractivity contribution in [1.29, 1.82) is 0 Å². The first-order valence-electron chi connectivity index (χ1n) is 7.03. The third-order valence-electron chi connectivity index (χ3n) is 3.02. The van der Waals surface area contributed by atoms with E-state index in [-0.39, 0.29) is 11.9 Å². The number of esters is 1. The second-order valence-corrected chi connectivity index (χ2v) is 6.12. The maximum atomic E-state index is 11.9. The van der Waals surface area contributed by atoms with Crippen LogP contribution >= 0.6 is 11.8 Å². The maximum absolute atomic E-state index is 11.9. The van der Waals surface area contributed by atoms with Gasteiger partial charge in [-0.3, -0.25) is 4.79 Å². The first kappa shape index (κ1) is 17.1. The lowest BCUT2D eigenvalue weighted by molar-refractivity contribution is -0.149. The van der Waals surface area contributed by atoms with Crippen LogP contribution in [0.2, 0.25) is 0 Å². The number of carbonyl (C=O) groups is 1. The molecule has 20 heavy (non-hydrogen) atoms. The van der Waals surface area contributed by atoms with Gasteiger partial charge < -0.3 is 10.1 Å². The van der Waals surface area contributed by atoms with Gasteiger partial charge >= 0.3 is 5.97 Å². The van der Waals surface area contributed by atoms with Crippen LogP contribution in [0, 0.1) is 11.8 Å². The molecule has 0 saturated carbocycles. The summed E-state index contributed by atoms with van der Waals surface area (Å²) in [6, 6.07) is 9.76. The van der Waals surface area contributed by atoms with Crippen LogP contribution in [0.4, 0.5) is 0 Å². The first-order valence-corrected chi connectivity index (χ1v) is 8.43. The Morgan fingerprint density at radius 1 is 1.25 bits per heavy atom. The Morgan fingerprint density at radius 3 is 2.60 bits per heavy atom. The molecule has 0 amide bonds. The minimum Gasteiger partial charge on any atom is -0.461 e. The number of thioether (sulfide) groups is 1. The molecule has 4 heteroatoms. The Balaban J connectivity index is 2.19. The van der Waals surface area contributed by atoms with Gasteiger partial charge in [0.25, 0.3) is 0 Å². The van der Waals surface area contributed by atoms with Crippen molar-refractivity contribution >= 4 is 17.7 Å². The third-order valence-corrected chi connectivity index (χ3v) is 3.92. The van der Waals surface area contributed by atoms with Gasteiger partial charge in [0.2, 0.25) is 0 Å². The van der Waals surface area contributed by atoms with E-state index in [1.165, 1.54) is 0 Å². The summed E-state index contributed by atoms with van der Waals surface area (Å²) in [5.41, 5.74) is 1.02. The van der Waals surface area contributed by atoms with Gasteiger partial charge in [0.15, 0.2) is 0 Å². The molecule has 1 aromatic rings.